The number of benzene rings is 1. The van der Waals surface area contributed by atoms with E-state index in [1.54, 1.807) is 0 Å². The van der Waals surface area contributed by atoms with Gasteiger partial charge in [0, 0.05) is 12.3 Å². The lowest BCUT2D eigenvalue weighted by Crippen LogP contribution is -2.49. The van der Waals surface area contributed by atoms with E-state index in [9.17, 15) is 8.42 Å². The molecule has 1 aromatic rings. The third kappa shape index (κ3) is 4.70. The van der Waals surface area contributed by atoms with Crippen LogP contribution in [0.3, 0.4) is 0 Å². The molecule has 0 radical (unpaired) electrons. The van der Waals surface area contributed by atoms with Crippen LogP contribution in [-0.4, -0.2) is 34.7 Å². The van der Waals surface area contributed by atoms with Crippen LogP contribution in [0.5, 0.6) is 0 Å². The van der Waals surface area contributed by atoms with Gasteiger partial charge in [0.25, 0.3) is 10.1 Å². The highest BCUT2D eigenvalue weighted by atomic mass is 32.2. The van der Waals surface area contributed by atoms with Gasteiger partial charge in [0.1, 0.15) is 0 Å². The van der Waals surface area contributed by atoms with Crippen molar-refractivity contribution >= 4 is 18.4 Å². The quantitative estimate of drug-likeness (QED) is 0.510. The molecule has 2 aliphatic rings. The second kappa shape index (κ2) is 7.93. The molecule has 0 bridgehead atoms. The highest BCUT2D eigenvalue weighted by Gasteiger charge is 2.47. The van der Waals surface area contributed by atoms with Gasteiger partial charge in [-0.15, -0.1) is 0 Å². The maximum atomic E-state index is 12.4. The van der Waals surface area contributed by atoms with Gasteiger partial charge in [-0.05, 0) is 36.2 Å². The largest absolute Gasteiger partial charge is 0.547 e. The molecule has 5 nitrogen and oxygen atoms in total. The molecular formula is C21H32O5SSi. The zero-order chi connectivity index (χ0) is 20.6. The molecule has 28 heavy (non-hydrogen) atoms. The minimum atomic E-state index is -3.56. The minimum Gasteiger partial charge on any atom is -0.547 e. The molecule has 0 N–H and O–H groups in total. The van der Waals surface area contributed by atoms with Crippen LogP contribution in [0.25, 0.3) is 0 Å². The van der Waals surface area contributed by atoms with Crippen molar-refractivity contribution < 1.29 is 21.8 Å². The number of hydrogen-bond donors (Lipinski definition) is 0. The molecule has 0 unspecified atom stereocenters. The second-order valence-electron chi connectivity index (χ2n) is 9.29. The lowest BCUT2D eigenvalue weighted by molar-refractivity contribution is -0.0420. The molecule has 1 aliphatic heterocycles. The number of ether oxygens (including phenoxy) is 1. The molecule has 0 spiro atoms. The first-order valence-corrected chi connectivity index (χ1v) is 14.3. The summed E-state index contributed by atoms with van der Waals surface area (Å²) in [5.41, 5.74) is 1.07. The van der Waals surface area contributed by atoms with Crippen molar-refractivity contribution in [3.63, 3.8) is 0 Å². The fourth-order valence-electron chi connectivity index (χ4n) is 3.46. The molecule has 7 heteroatoms. The molecule has 3 rings (SSSR count). The van der Waals surface area contributed by atoms with E-state index in [0.717, 1.165) is 11.3 Å². The first kappa shape index (κ1) is 21.6. The van der Waals surface area contributed by atoms with E-state index in [1.807, 2.05) is 36.4 Å². The van der Waals surface area contributed by atoms with E-state index < -0.39 is 23.7 Å². The summed E-state index contributed by atoms with van der Waals surface area (Å²) >= 11 is 0. The Morgan fingerprint density at radius 3 is 2.50 bits per heavy atom. The molecule has 0 amide bonds. The van der Waals surface area contributed by atoms with Crippen LogP contribution >= 0.6 is 0 Å². The highest BCUT2D eigenvalue weighted by Crippen LogP contribution is 2.42. The normalized spacial score (nSPS) is 27.6. The van der Waals surface area contributed by atoms with Gasteiger partial charge >= 0.3 is 0 Å². The molecule has 1 saturated heterocycles. The number of fused-ring (bicyclic) bond motifs is 1. The predicted molar refractivity (Wildman–Crippen MR) is 113 cm³/mol. The Bertz CT molecular complexity index is 811. The Labute approximate surface area is 170 Å². The zero-order valence-corrected chi connectivity index (χ0v) is 19.3. The van der Waals surface area contributed by atoms with Gasteiger partial charge in [0.2, 0.25) is 8.32 Å². The van der Waals surface area contributed by atoms with Gasteiger partial charge < -0.3 is 9.16 Å². The van der Waals surface area contributed by atoms with Crippen molar-refractivity contribution in [1.82, 2.24) is 0 Å². The molecular weight excluding hydrogens is 392 g/mol. The van der Waals surface area contributed by atoms with Gasteiger partial charge in [0.05, 0.1) is 30.3 Å². The van der Waals surface area contributed by atoms with Crippen molar-refractivity contribution in [2.45, 2.75) is 69.7 Å². The third-order valence-electron chi connectivity index (χ3n) is 6.24. The van der Waals surface area contributed by atoms with E-state index in [0.29, 0.717) is 19.4 Å². The smallest absolute Gasteiger partial charge is 0.271 e. The monoisotopic (exact) mass is 424 g/mol. The van der Waals surface area contributed by atoms with Gasteiger partial charge in [-0.1, -0.05) is 51.1 Å². The molecule has 1 aliphatic carbocycles. The Balaban J connectivity index is 1.75. The number of rotatable bonds is 5. The predicted octanol–water partition coefficient (Wildman–Crippen LogP) is 4.62. The van der Waals surface area contributed by atoms with Crippen LogP contribution in [-0.2, 0) is 30.1 Å². The van der Waals surface area contributed by atoms with E-state index in [4.69, 9.17) is 13.3 Å². The number of hydrogen-bond acceptors (Lipinski definition) is 5. The average molecular weight is 425 g/mol. The molecule has 0 aromatic heterocycles. The fourth-order valence-corrected chi connectivity index (χ4v) is 6.12. The highest BCUT2D eigenvalue weighted by molar-refractivity contribution is 7.87. The van der Waals surface area contributed by atoms with Crippen LogP contribution in [0.4, 0.5) is 0 Å². The van der Waals surface area contributed by atoms with Crippen molar-refractivity contribution in [2.75, 3.05) is 6.61 Å². The third-order valence-corrected chi connectivity index (χ3v) is 12.4. The van der Waals surface area contributed by atoms with Gasteiger partial charge in [-0.3, -0.25) is 4.18 Å². The Morgan fingerprint density at radius 1 is 1.18 bits per heavy atom. The van der Waals surface area contributed by atoms with E-state index in [-0.39, 0.29) is 23.7 Å². The van der Waals surface area contributed by atoms with Gasteiger partial charge in [0.15, 0.2) is 0 Å². The molecule has 1 aromatic carbocycles. The van der Waals surface area contributed by atoms with Crippen LogP contribution in [0.1, 0.15) is 39.2 Å². The molecule has 3 atom stereocenters. The second-order valence-corrected chi connectivity index (χ2v) is 15.8. The average Bonchev–Trinajstić information content (AvgIpc) is 2.60. The molecule has 156 valence electrons. The maximum absolute atomic E-state index is 12.4. The van der Waals surface area contributed by atoms with Crippen LogP contribution in [0.15, 0.2) is 42.2 Å². The zero-order valence-electron chi connectivity index (χ0n) is 17.5. The van der Waals surface area contributed by atoms with Crippen molar-refractivity contribution in [3.05, 3.63) is 47.7 Å². The maximum Gasteiger partial charge on any atom is 0.271 e. The SMILES string of the molecule is CC(C)(C)[Si](C)(C)OC1=CC[C@H]2[C@H](C1)[C@H](OCc1ccccc1)COS2(=O)=O. The van der Waals surface area contributed by atoms with Crippen molar-refractivity contribution in [2.24, 2.45) is 5.92 Å². The van der Waals surface area contributed by atoms with Crippen molar-refractivity contribution in [1.29, 1.82) is 0 Å². The van der Waals surface area contributed by atoms with Crippen LogP contribution < -0.4 is 0 Å². The molecule has 1 fully saturated rings. The summed E-state index contributed by atoms with van der Waals surface area (Å²) in [5, 5.41) is -0.468. The first-order valence-electron chi connectivity index (χ1n) is 9.91. The topological polar surface area (TPSA) is 61.8 Å². The summed E-state index contributed by atoms with van der Waals surface area (Å²) in [6.07, 6.45) is 2.68. The molecule has 1 heterocycles. The van der Waals surface area contributed by atoms with Gasteiger partial charge in [-0.25, -0.2) is 0 Å². The van der Waals surface area contributed by atoms with E-state index in [2.05, 4.69) is 33.9 Å². The Morgan fingerprint density at radius 2 is 1.86 bits per heavy atom. The summed E-state index contributed by atoms with van der Waals surface area (Å²) < 4.78 is 42.7. The molecule has 0 saturated carbocycles. The summed E-state index contributed by atoms with van der Waals surface area (Å²) in [6, 6.07) is 9.91. The summed E-state index contributed by atoms with van der Waals surface area (Å²) in [4.78, 5) is 0. The van der Waals surface area contributed by atoms with Crippen LogP contribution in [0.2, 0.25) is 18.1 Å². The standard InChI is InChI=1S/C21H32O5SSi/c1-21(2,3)28(4,5)26-17-11-12-20-18(13-17)19(15-25-27(20,22)23)24-14-16-9-7-6-8-10-16/h6-11,18-20H,12-15H2,1-5H3/t18-,19-,20+/m1/s1. The van der Waals surface area contributed by atoms with Crippen LogP contribution in [0, 0.1) is 5.92 Å². The lowest BCUT2D eigenvalue weighted by Gasteiger charge is -2.42. The Kier molecular flexibility index (Phi) is 6.11. The van der Waals surface area contributed by atoms with Crippen molar-refractivity contribution in [3.8, 4) is 0 Å². The summed E-state index contributed by atoms with van der Waals surface area (Å²) in [7, 11) is -5.53. The van der Waals surface area contributed by atoms with E-state index in [1.165, 1.54) is 0 Å². The van der Waals surface area contributed by atoms with Gasteiger partial charge in [-0.2, -0.15) is 8.42 Å². The lowest BCUT2D eigenvalue weighted by atomic mass is 9.87. The fraction of sp³-hybridized carbons (Fsp3) is 0.619. The summed E-state index contributed by atoms with van der Waals surface area (Å²) in [6.45, 7) is 11.6. The minimum absolute atomic E-state index is 0.0731. The summed E-state index contributed by atoms with van der Waals surface area (Å²) in [5.74, 6) is 0.769. The van der Waals surface area contributed by atoms with E-state index >= 15 is 0 Å². The number of allylic oxidation sites excluding steroid dienone is 2. The Hall–Kier alpha value is -1.15. The first-order chi connectivity index (χ1) is 13.0.